The SMILES string of the molecule is CCCCCCCN=C(N)NC(=S)NCCCCCCC. The minimum atomic E-state index is 0.425. The molecule has 0 rings (SSSR count). The maximum atomic E-state index is 5.80. The summed E-state index contributed by atoms with van der Waals surface area (Å²) >= 11 is 5.18. The van der Waals surface area contributed by atoms with Crippen molar-refractivity contribution in [3.8, 4) is 0 Å². The molecule has 0 bridgehead atoms. The summed E-state index contributed by atoms with van der Waals surface area (Å²) in [6.07, 6.45) is 12.5. The van der Waals surface area contributed by atoms with E-state index in [4.69, 9.17) is 18.0 Å². The van der Waals surface area contributed by atoms with Crippen LogP contribution in [0.4, 0.5) is 0 Å². The van der Waals surface area contributed by atoms with Crippen LogP contribution in [0.2, 0.25) is 0 Å². The topological polar surface area (TPSA) is 62.4 Å². The first-order valence-electron chi connectivity index (χ1n) is 8.55. The highest BCUT2D eigenvalue weighted by Gasteiger charge is 1.97. The maximum absolute atomic E-state index is 5.80. The summed E-state index contributed by atoms with van der Waals surface area (Å²) in [5.41, 5.74) is 5.80. The Morgan fingerprint density at radius 1 is 0.905 bits per heavy atom. The number of nitrogens with two attached hydrogens (primary N) is 1. The second-order valence-corrected chi connectivity index (χ2v) is 5.88. The first-order chi connectivity index (χ1) is 10.2. The van der Waals surface area contributed by atoms with Crippen LogP contribution in [-0.2, 0) is 0 Å². The van der Waals surface area contributed by atoms with Crippen molar-refractivity contribution >= 4 is 23.3 Å². The zero-order valence-corrected chi connectivity index (χ0v) is 14.7. The molecule has 0 spiro atoms. The van der Waals surface area contributed by atoms with Crippen molar-refractivity contribution in [2.75, 3.05) is 13.1 Å². The fourth-order valence-corrected chi connectivity index (χ4v) is 2.25. The Bertz CT molecular complexity index is 279. The average molecular weight is 315 g/mol. The molecule has 4 N–H and O–H groups in total. The molecule has 5 heteroatoms. The predicted octanol–water partition coefficient (Wildman–Crippen LogP) is 3.71. The molecule has 0 radical (unpaired) electrons. The molecule has 0 unspecified atom stereocenters. The summed E-state index contributed by atoms with van der Waals surface area (Å²) in [5.74, 6) is 0.425. The number of thiocarbonyl (C=S) groups is 1. The van der Waals surface area contributed by atoms with Gasteiger partial charge in [0.1, 0.15) is 0 Å². The zero-order valence-electron chi connectivity index (χ0n) is 13.9. The lowest BCUT2D eigenvalue weighted by atomic mass is 10.1. The number of unbranched alkanes of at least 4 members (excludes halogenated alkanes) is 8. The lowest BCUT2D eigenvalue weighted by Gasteiger charge is -2.09. The van der Waals surface area contributed by atoms with E-state index in [1.54, 1.807) is 0 Å². The van der Waals surface area contributed by atoms with Crippen molar-refractivity contribution in [3.05, 3.63) is 0 Å². The van der Waals surface area contributed by atoms with Gasteiger partial charge in [-0.3, -0.25) is 4.99 Å². The molecule has 0 heterocycles. The molecule has 21 heavy (non-hydrogen) atoms. The number of nitrogens with one attached hydrogen (secondary N) is 2. The van der Waals surface area contributed by atoms with Gasteiger partial charge in [0.15, 0.2) is 11.1 Å². The Hall–Kier alpha value is -0.840. The van der Waals surface area contributed by atoms with Crippen LogP contribution in [0.3, 0.4) is 0 Å². The summed E-state index contributed by atoms with van der Waals surface area (Å²) in [4.78, 5) is 4.29. The molecule has 0 saturated carbocycles. The average Bonchev–Trinajstić information content (AvgIpc) is 2.46. The van der Waals surface area contributed by atoms with Crippen molar-refractivity contribution in [2.45, 2.75) is 78.1 Å². The molecule has 0 aromatic heterocycles. The van der Waals surface area contributed by atoms with E-state index in [0.29, 0.717) is 11.1 Å². The molecule has 0 saturated heterocycles. The number of rotatable bonds is 12. The highest BCUT2D eigenvalue weighted by Crippen LogP contribution is 2.02. The van der Waals surface area contributed by atoms with Gasteiger partial charge in [-0.1, -0.05) is 65.2 Å². The van der Waals surface area contributed by atoms with E-state index in [9.17, 15) is 0 Å². The van der Waals surface area contributed by atoms with Crippen molar-refractivity contribution in [3.63, 3.8) is 0 Å². The summed E-state index contributed by atoms with van der Waals surface area (Å²) in [6, 6.07) is 0. The number of hydrogen-bond donors (Lipinski definition) is 3. The molecule has 0 amide bonds. The van der Waals surface area contributed by atoms with E-state index in [0.717, 1.165) is 25.9 Å². The van der Waals surface area contributed by atoms with Crippen LogP contribution < -0.4 is 16.4 Å². The highest BCUT2D eigenvalue weighted by molar-refractivity contribution is 7.80. The lowest BCUT2D eigenvalue weighted by molar-refractivity contribution is 0.624. The van der Waals surface area contributed by atoms with Gasteiger partial charge in [0.25, 0.3) is 0 Å². The monoisotopic (exact) mass is 314 g/mol. The number of hydrogen-bond acceptors (Lipinski definition) is 2. The third-order valence-electron chi connectivity index (χ3n) is 3.35. The van der Waals surface area contributed by atoms with Gasteiger partial charge in [-0.05, 0) is 25.1 Å². The largest absolute Gasteiger partial charge is 0.370 e. The van der Waals surface area contributed by atoms with Gasteiger partial charge in [-0.2, -0.15) is 0 Å². The molecular weight excluding hydrogens is 280 g/mol. The maximum Gasteiger partial charge on any atom is 0.194 e. The van der Waals surface area contributed by atoms with Crippen molar-refractivity contribution < 1.29 is 0 Å². The Labute approximate surface area is 136 Å². The van der Waals surface area contributed by atoms with E-state index in [1.807, 2.05) is 0 Å². The first kappa shape index (κ1) is 20.2. The number of aliphatic imine (C=N–C) groups is 1. The normalized spacial score (nSPS) is 11.4. The molecule has 0 aromatic carbocycles. The van der Waals surface area contributed by atoms with Crippen molar-refractivity contribution in [1.82, 2.24) is 10.6 Å². The molecule has 4 nitrogen and oxygen atoms in total. The lowest BCUT2D eigenvalue weighted by Crippen LogP contribution is -2.43. The van der Waals surface area contributed by atoms with Crippen molar-refractivity contribution in [1.29, 1.82) is 0 Å². The van der Waals surface area contributed by atoms with Crippen LogP contribution in [-0.4, -0.2) is 24.2 Å². The van der Waals surface area contributed by atoms with Crippen LogP contribution >= 0.6 is 12.2 Å². The van der Waals surface area contributed by atoms with Crippen LogP contribution in [0.25, 0.3) is 0 Å². The van der Waals surface area contributed by atoms with Crippen LogP contribution in [0.15, 0.2) is 4.99 Å². The Morgan fingerprint density at radius 2 is 1.48 bits per heavy atom. The van der Waals surface area contributed by atoms with Gasteiger partial charge in [-0.25, -0.2) is 0 Å². The van der Waals surface area contributed by atoms with Gasteiger partial charge in [0, 0.05) is 13.1 Å². The number of nitrogens with zero attached hydrogens (tertiary/aromatic N) is 1. The standard InChI is InChI=1S/C16H34N4S/c1-3-5-7-9-11-13-18-15(17)20-16(21)19-14-12-10-8-6-4-2/h3-14H2,1-2H3,(H4,17,18,19,20,21). The van der Waals surface area contributed by atoms with Gasteiger partial charge < -0.3 is 16.4 Å². The second-order valence-electron chi connectivity index (χ2n) is 5.48. The minimum Gasteiger partial charge on any atom is -0.370 e. The summed E-state index contributed by atoms with van der Waals surface area (Å²) in [5, 5.41) is 6.68. The van der Waals surface area contributed by atoms with E-state index < -0.39 is 0 Å². The summed E-state index contributed by atoms with van der Waals surface area (Å²) in [7, 11) is 0. The Balaban J connectivity index is 3.50. The number of guanidine groups is 1. The Kier molecular flexibility index (Phi) is 14.9. The van der Waals surface area contributed by atoms with Crippen LogP contribution in [0.5, 0.6) is 0 Å². The van der Waals surface area contributed by atoms with E-state index in [2.05, 4.69) is 29.5 Å². The van der Waals surface area contributed by atoms with E-state index in [-0.39, 0.29) is 0 Å². The molecule has 0 fully saturated rings. The fourth-order valence-electron chi connectivity index (χ4n) is 2.05. The Morgan fingerprint density at radius 3 is 2.10 bits per heavy atom. The molecule has 0 atom stereocenters. The third-order valence-corrected chi connectivity index (χ3v) is 3.60. The van der Waals surface area contributed by atoms with Crippen LogP contribution in [0.1, 0.15) is 78.1 Å². The van der Waals surface area contributed by atoms with Gasteiger partial charge in [0.05, 0.1) is 0 Å². The molecule has 0 aromatic rings. The van der Waals surface area contributed by atoms with Gasteiger partial charge in [-0.15, -0.1) is 0 Å². The molecule has 0 aliphatic carbocycles. The quantitative estimate of drug-likeness (QED) is 0.222. The molecular formula is C16H34N4S. The van der Waals surface area contributed by atoms with Crippen molar-refractivity contribution in [2.24, 2.45) is 10.7 Å². The summed E-state index contributed by atoms with van der Waals surface area (Å²) in [6.45, 7) is 6.13. The molecule has 124 valence electrons. The first-order valence-corrected chi connectivity index (χ1v) is 8.96. The smallest absolute Gasteiger partial charge is 0.194 e. The third kappa shape index (κ3) is 15.4. The van der Waals surface area contributed by atoms with Gasteiger partial charge >= 0.3 is 0 Å². The van der Waals surface area contributed by atoms with E-state index in [1.165, 1.54) is 51.4 Å². The second kappa shape index (κ2) is 15.5. The van der Waals surface area contributed by atoms with Gasteiger partial charge in [0.2, 0.25) is 0 Å². The minimum absolute atomic E-state index is 0.425. The highest BCUT2D eigenvalue weighted by atomic mass is 32.1. The molecule has 0 aliphatic heterocycles. The fraction of sp³-hybridized carbons (Fsp3) is 0.875. The summed E-state index contributed by atoms with van der Waals surface area (Å²) < 4.78 is 0. The van der Waals surface area contributed by atoms with E-state index >= 15 is 0 Å². The predicted molar refractivity (Wildman–Crippen MR) is 97.7 cm³/mol. The van der Waals surface area contributed by atoms with Crippen LogP contribution in [0, 0.1) is 0 Å². The molecule has 0 aliphatic rings. The zero-order chi connectivity index (χ0) is 15.8.